The Morgan fingerprint density at radius 2 is 2.21 bits per heavy atom. The Kier molecular flexibility index (Phi) is 7.81. The van der Waals surface area contributed by atoms with Gasteiger partial charge in [0.05, 0.1) is 5.02 Å². The lowest BCUT2D eigenvalue weighted by atomic mass is 10.1. The number of carbonyl (C=O) groups excluding carboxylic acids is 1. The summed E-state index contributed by atoms with van der Waals surface area (Å²) >= 11 is 8.11. The van der Waals surface area contributed by atoms with E-state index in [1.54, 1.807) is 0 Å². The number of fused-ring (bicyclic) bond motifs is 1. The fourth-order valence-corrected chi connectivity index (χ4v) is 3.94. The summed E-state index contributed by atoms with van der Waals surface area (Å²) in [7, 11) is 0. The predicted molar refractivity (Wildman–Crippen MR) is 100 cm³/mol. The van der Waals surface area contributed by atoms with Crippen molar-refractivity contribution in [3.8, 4) is 11.5 Å². The van der Waals surface area contributed by atoms with E-state index in [4.69, 9.17) is 21.1 Å². The molecular weight excluding hydrogens is 371 g/mol. The molecule has 1 amide bonds. The van der Waals surface area contributed by atoms with E-state index in [9.17, 15) is 4.79 Å². The molecule has 1 saturated heterocycles. The molecular formula is C16H22Cl2N2O3S. The number of hydrogen-bond acceptors (Lipinski definition) is 5. The fraction of sp³-hybridized carbons (Fsp3) is 0.562. The minimum absolute atomic E-state index is 0. The first-order valence-electron chi connectivity index (χ1n) is 7.88. The molecule has 1 aromatic carbocycles. The summed E-state index contributed by atoms with van der Waals surface area (Å²) in [5.41, 5.74) is 1.03. The first-order valence-corrected chi connectivity index (χ1v) is 9.41. The highest BCUT2D eigenvalue weighted by Crippen LogP contribution is 2.38. The Morgan fingerprint density at radius 3 is 3.00 bits per heavy atom. The summed E-state index contributed by atoms with van der Waals surface area (Å²) in [5.74, 6) is 3.53. The van der Waals surface area contributed by atoms with Gasteiger partial charge in [-0.3, -0.25) is 4.79 Å². The van der Waals surface area contributed by atoms with Crippen molar-refractivity contribution in [2.75, 3.05) is 37.8 Å². The largest absolute Gasteiger partial charge is 0.486 e. The van der Waals surface area contributed by atoms with Crippen molar-refractivity contribution in [1.29, 1.82) is 0 Å². The van der Waals surface area contributed by atoms with Gasteiger partial charge in [-0.25, -0.2) is 0 Å². The summed E-state index contributed by atoms with van der Waals surface area (Å²) < 4.78 is 11.1. The van der Waals surface area contributed by atoms with Gasteiger partial charge in [-0.1, -0.05) is 11.6 Å². The third kappa shape index (κ3) is 5.34. The van der Waals surface area contributed by atoms with Gasteiger partial charge in [-0.15, -0.1) is 12.4 Å². The van der Waals surface area contributed by atoms with Crippen LogP contribution in [-0.4, -0.2) is 49.8 Å². The van der Waals surface area contributed by atoms with Crippen molar-refractivity contribution in [1.82, 2.24) is 10.6 Å². The Bertz CT molecular complexity index is 568. The molecule has 0 spiro atoms. The summed E-state index contributed by atoms with van der Waals surface area (Å²) in [5, 5.41) is 6.91. The Labute approximate surface area is 157 Å². The van der Waals surface area contributed by atoms with Gasteiger partial charge >= 0.3 is 0 Å². The quantitative estimate of drug-likeness (QED) is 0.804. The summed E-state index contributed by atoms with van der Waals surface area (Å²) in [6.45, 7) is 2.64. The average molecular weight is 393 g/mol. The minimum atomic E-state index is 0. The number of nitrogens with one attached hydrogen (secondary N) is 2. The van der Waals surface area contributed by atoms with E-state index in [1.165, 1.54) is 0 Å². The molecule has 1 atom stereocenters. The fourth-order valence-electron chi connectivity index (χ4n) is 2.70. The number of rotatable bonds is 5. The second kappa shape index (κ2) is 9.61. The smallest absolute Gasteiger partial charge is 0.221 e. The lowest BCUT2D eigenvalue weighted by molar-refractivity contribution is -0.121. The molecule has 24 heavy (non-hydrogen) atoms. The molecule has 1 unspecified atom stereocenters. The van der Waals surface area contributed by atoms with Gasteiger partial charge in [0.25, 0.3) is 0 Å². The molecule has 0 radical (unpaired) electrons. The maximum absolute atomic E-state index is 12.0. The van der Waals surface area contributed by atoms with Crippen LogP contribution < -0.4 is 20.1 Å². The van der Waals surface area contributed by atoms with Gasteiger partial charge in [-0.05, 0) is 24.1 Å². The van der Waals surface area contributed by atoms with Crippen molar-refractivity contribution in [3.63, 3.8) is 0 Å². The number of benzene rings is 1. The van der Waals surface area contributed by atoms with E-state index in [1.807, 2.05) is 23.9 Å². The topological polar surface area (TPSA) is 59.6 Å². The Hall–Kier alpha value is -0.820. The molecule has 8 heteroatoms. The van der Waals surface area contributed by atoms with Crippen LogP contribution in [0.1, 0.15) is 12.0 Å². The van der Waals surface area contributed by atoms with Crippen molar-refractivity contribution >= 4 is 41.7 Å². The van der Waals surface area contributed by atoms with Crippen LogP contribution in [0.2, 0.25) is 5.02 Å². The van der Waals surface area contributed by atoms with Crippen LogP contribution in [0.25, 0.3) is 0 Å². The second-order valence-electron chi connectivity index (χ2n) is 5.63. The van der Waals surface area contributed by atoms with Gasteiger partial charge in [0, 0.05) is 37.1 Å². The van der Waals surface area contributed by atoms with Crippen LogP contribution in [0.5, 0.6) is 11.5 Å². The highest BCUT2D eigenvalue weighted by Gasteiger charge is 2.18. The lowest BCUT2D eigenvalue weighted by Crippen LogP contribution is -2.41. The van der Waals surface area contributed by atoms with Gasteiger partial charge in [0.15, 0.2) is 11.5 Å². The number of hydrogen-bond donors (Lipinski definition) is 2. The second-order valence-corrected chi connectivity index (χ2v) is 7.19. The van der Waals surface area contributed by atoms with E-state index in [0.717, 1.165) is 30.0 Å². The molecule has 2 aliphatic rings. The molecule has 1 aromatic rings. The number of carbonyl (C=O) groups is 1. The normalized spacial score (nSPS) is 19.3. The molecule has 0 aliphatic carbocycles. The van der Waals surface area contributed by atoms with E-state index in [2.05, 4.69) is 10.6 Å². The Balaban J connectivity index is 0.00000208. The lowest BCUT2D eigenvalue weighted by Gasteiger charge is -2.22. The van der Waals surface area contributed by atoms with Crippen molar-refractivity contribution < 1.29 is 14.3 Å². The zero-order valence-corrected chi connectivity index (χ0v) is 15.7. The first-order chi connectivity index (χ1) is 11.2. The predicted octanol–water partition coefficient (Wildman–Crippen LogP) is 2.29. The van der Waals surface area contributed by atoms with Crippen LogP contribution in [-0.2, 0) is 11.2 Å². The molecule has 2 aliphatic heterocycles. The molecule has 2 N–H and O–H groups in total. The Morgan fingerprint density at radius 1 is 1.38 bits per heavy atom. The van der Waals surface area contributed by atoms with Crippen LogP contribution in [0.15, 0.2) is 12.1 Å². The zero-order valence-electron chi connectivity index (χ0n) is 13.3. The zero-order chi connectivity index (χ0) is 16.1. The summed E-state index contributed by atoms with van der Waals surface area (Å²) in [4.78, 5) is 12.0. The summed E-state index contributed by atoms with van der Waals surface area (Å²) in [6.07, 6.45) is 1.25. The maximum atomic E-state index is 12.0. The van der Waals surface area contributed by atoms with Gasteiger partial charge in [-0.2, -0.15) is 11.8 Å². The molecule has 2 heterocycles. The molecule has 0 bridgehead atoms. The standard InChI is InChI=1S/C16H21ClN2O3S.ClH/c17-13-7-11(8-14-16(13)22-5-4-21-14)1-2-19-15(20)9-12-10-23-6-3-18-12;/h7-8,12,18H,1-6,9-10H2,(H,19,20);1H. The van der Waals surface area contributed by atoms with Crippen LogP contribution in [0.4, 0.5) is 0 Å². The SMILES string of the molecule is Cl.O=C(CC1CSCCN1)NCCc1cc(Cl)c2c(c1)OCCO2. The molecule has 134 valence electrons. The monoisotopic (exact) mass is 392 g/mol. The van der Waals surface area contributed by atoms with Crippen LogP contribution in [0.3, 0.4) is 0 Å². The number of thioether (sulfide) groups is 1. The van der Waals surface area contributed by atoms with E-state index < -0.39 is 0 Å². The molecule has 0 aromatic heterocycles. The average Bonchev–Trinajstić information content (AvgIpc) is 2.56. The highest BCUT2D eigenvalue weighted by molar-refractivity contribution is 7.99. The third-order valence-corrected chi connectivity index (χ3v) is 5.23. The number of ether oxygens (including phenoxy) is 2. The van der Waals surface area contributed by atoms with Crippen molar-refractivity contribution in [2.24, 2.45) is 0 Å². The number of halogens is 2. The van der Waals surface area contributed by atoms with Crippen molar-refractivity contribution in [3.05, 3.63) is 22.7 Å². The number of amides is 1. The van der Waals surface area contributed by atoms with Gasteiger partial charge in [0.1, 0.15) is 13.2 Å². The molecule has 5 nitrogen and oxygen atoms in total. The minimum Gasteiger partial charge on any atom is -0.486 e. The van der Waals surface area contributed by atoms with E-state index in [-0.39, 0.29) is 24.4 Å². The van der Waals surface area contributed by atoms with Crippen molar-refractivity contribution in [2.45, 2.75) is 18.9 Å². The van der Waals surface area contributed by atoms with Crippen LogP contribution >= 0.6 is 35.8 Å². The third-order valence-electron chi connectivity index (χ3n) is 3.82. The summed E-state index contributed by atoms with van der Waals surface area (Å²) in [6, 6.07) is 4.10. The van der Waals surface area contributed by atoms with E-state index >= 15 is 0 Å². The first kappa shape index (κ1) is 19.5. The van der Waals surface area contributed by atoms with E-state index in [0.29, 0.717) is 42.7 Å². The van der Waals surface area contributed by atoms with Crippen LogP contribution in [0, 0.1) is 0 Å². The highest BCUT2D eigenvalue weighted by atomic mass is 35.5. The van der Waals surface area contributed by atoms with Gasteiger partial charge < -0.3 is 20.1 Å². The molecule has 0 saturated carbocycles. The maximum Gasteiger partial charge on any atom is 0.221 e. The molecule has 3 rings (SSSR count). The van der Waals surface area contributed by atoms with Gasteiger partial charge in [0.2, 0.25) is 5.91 Å². The molecule has 1 fully saturated rings.